The van der Waals surface area contributed by atoms with E-state index < -0.39 is 0 Å². The van der Waals surface area contributed by atoms with Crippen molar-refractivity contribution in [3.05, 3.63) is 58.8 Å². The first-order valence-electron chi connectivity index (χ1n) is 13.0. The van der Waals surface area contributed by atoms with Crippen LogP contribution in [0.5, 0.6) is 11.5 Å². The van der Waals surface area contributed by atoms with Crippen molar-refractivity contribution in [1.29, 1.82) is 0 Å². The van der Waals surface area contributed by atoms with Crippen molar-refractivity contribution >= 4 is 29.3 Å². The lowest BCUT2D eigenvalue weighted by Gasteiger charge is -2.34. The number of aliphatic imine (C=N–C) groups is 1. The number of nitrogens with zero attached hydrogens (tertiary/aromatic N) is 3. The molecule has 10 nitrogen and oxygen atoms in total. The van der Waals surface area contributed by atoms with Crippen molar-refractivity contribution < 1.29 is 19.1 Å². The van der Waals surface area contributed by atoms with Crippen LogP contribution in [0.1, 0.15) is 40.0 Å². The molecule has 0 aromatic heterocycles. The number of anilines is 1. The van der Waals surface area contributed by atoms with Gasteiger partial charge in [0.05, 0.1) is 20.3 Å². The highest BCUT2D eigenvalue weighted by atomic mass is 16.5. The summed E-state index contributed by atoms with van der Waals surface area (Å²) < 4.78 is 11.2. The number of nitrogens with one attached hydrogen (secondary N) is 2. The van der Waals surface area contributed by atoms with Gasteiger partial charge in [0.15, 0.2) is 11.5 Å². The van der Waals surface area contributed by atoms with Crippen LogP contribution >= 0.6 is 0 Å². The maximum Gasteiger partial charge on any atom is 0.252 e. The lowest BCUT2D eigenvalue weighted by Crippen LogP contribution is -2.44. The zero-order chi connectivity index (χ0) is 28.5. The molecule has 210 valence electrons. The number of hydrogen-bond acceptors (Lipinski definition) is 8. The maximum atomic E-state index is 13.4. The van der Waals surface area contributed by atoms with Gasteiger partial charge in [0.1, 0.15) is 6.54 Å². The Morgan fingerprint density at radius 1 is 1.10 bits per heavy atom. The van der Waals surface area contributed by atoms with Crippen LogP contribution in [0.25, 0.3) is 5.57 Å². The van der Waals surface area contributed by atoms with E-state index in [9.17, 15) is 9.59 Å². The lowest BCUT2D eigenvalue weighted by molar-refractivity contribution is -0.119. The van der Waals surface area contributed by atoms with Crippen LogP contribution in [-0.4, -0.2) is 84.0 Å². The zero-order valence-electron chi connectivity index (χ0n) is 23.7. The monoisotopic (exact) mass is 536 g/mol. The Bertz CT molecular complexity index is 1230. The van der Waals surface area contributed by atoms with E-state index in [4.69, 9.17) is 15.2 Å². The average molecular weight is 537 g/mol. The molecule has 3 rings (SSSR count). The van der Waals surface area contributed by atoms with E-state index in [2.05, 4.69) is 38.5 Å². The second kappa shape index (κ2) is 13.7. The molecule has 39 heavy (non-hydrogen) atoms. The highest BCUT2D eigenvalue weighted by molar-refractivity contribution is 6.11. The fourth-order valence-electron chi connectivity index (χ4n) is 4.43. The Hall–Kier alpha value is -4.05. The minimum absolute atomic E-state index is 0.0357. The molecule has 2 amide bonds. The fourth-order valence-corrected chi connectivity index (χ4v) is 4.43. The van der Waals surface area contributed by atoms with Crippen LogP contribution in [0.15, 0.2) is 41.5 Å². The molecule has 1 aliphatic heterocycles. The molecule has 4 N–H and O–H groups in total. The van der Waals surface area contributed by atoms with Crippen molar-refractivity contribution in [3.63, 3.8) is 0 Å². The third-order valence-electron chi connectivity index (χ3n) is 6.92. The number of benzene rings is 2. The largest absolute Gasteiger partial charge is 0.493 e. The molecule has 1 aliphatic rings. The molecule has 1 fully saturated rings. The number of rotatable bonds is 10. The molecule has 1 saturated heterocycles. The molecule has 1 atom stereocenters. The van der Waals surface area contributed by atoms with Gasteiger partial charge < -0.3 is 35.6 Å². The van der Waals surface area contributed by atoms with Crippen LogP contribution in [0.4, 0.5) is 5.69 Å². The van der Waals surface area contributed by atoms with Crippen molar-refractivity contribution in [2.75, 3.05) is 65.9 Å². The maximum absolute atomic E-state index is 13.4. The number of aryl methyl sites for hydroxylation is 1. The van der Waals surface area contributed by atoms with Crippen molar-refractivity contribution in [1.82, 2.24) is 15.5 Å². The summed E-state index contributed by atoms with van der Waals surface area (Å²) in [5, 5.41) is 5.66. The van der Waals surface area contributed by atoms with E-state index in [0.29, 0.717) is 28.2 Å². The first-order valence-corrected chi connectivity index (χ1v) is 13.0. The highest BCUT2D eigenvalue weighted by Gasteiger charge is 2.21. The summed E-state index contributed by atoms with van der Waals surface area (Å²) in [7, 11) is 6.76. The first kappa shape index (κ1) is 29.5. The van der Waals surface area contributed by atoms with Gasteiger partial charge >= 0.3 is 0 Å². The molecule has 2 aromatic rings. The normalized spacial score (nSPS) is 15.2. The number of likely N-dealkylation sites (N-methyl/N-ethyl adjacent to an activating group) is 2. The van der Waals surface area contributed by atoms with Crippen molar-refractivity contribution in [3.8, 4) is 11.5 Å². The van der Waals surface area contributed by atoms with E-state index in [1.54, 1.807) is 14.2 Å². The number of ether oxygens (including phenoxy) is 2. The van der Waals surface area contributed by atoms with Crippen LogP contribution in [0.3, 0.4) is 0 Å². The van der Waals surface area contributed by atoms with E-state index in [1.165, 1.54) is 19.5 Å². The topological polar surface area (TPSA) is 122 Å². The molecule has 0 radical (unpaired) electrons. The summed E-state index contributed by atoms with van der Waals surface area (Å²) >= 11 is 0. The third kappa shape index (κ3) is 7.29. The van der Waals surface area contributed by atoms with Gasteiger partial charge in [-0.25, -0.2) is 0 Å². The molecule has 2 aromatic carbocycles. The minimum atomic E-state index is -0.357. The van der Waals surface area contributed by atoms with Gasteiger partial charge in [0.2, 0.25) is 5.91 Å². The molecule has 0 saturated carbocycles. The van der Waals surface area contributed by atoms with Crippen LogP contribution in [0.2, 0.25) is 0 Å². The van der Waals surface area contributed by atoms with Gasteiger partial charge in [0.25, 0.3) is 5.91 Å². The summed E-state index contributed by atoms with van der Waals surface area (Å²) in [4.78, 5) is 33.8. The molecular formula is C29H40N6O4. The molecule has 1 unspecified atom stereocenters. The Kier molecular flexibility index (Phi) is 10.3. The average Bonchev–Trinajstić information content (AvgIpc) is 2.95. The van der Waals surface area contributed by atoms with Crippen LogP contribution in [0, 0.1) is 6.92 Å². The Labute approximate surface area is 230 Å². The summed E-state index contributed by atoms with van der Waals surface area (Å²) in [6.07, 6.45) is 2.91. The van der Waals surface area contributed by atoms with Crippen molar-refractivity contribution in [2.45, 2.75) is 19.9 Å². The Balaban J connectivity index is 1.88. The minimum Gasteiger partial charge on any atom is -0.493 e. The Morgan fingerprint density at radius 3 is 2.44 bits per heavy atom. The second-order valence-electron chi connectivity index (χ2n) is 9.55. The predicted octanol–water partition coefficient (Wildman–Crippen LogP) is 2.37. The van der Waals surface area contributed by atoms with E-state index in [0.717, 1.165) is 43.0 Å². The highest BCUT2D eigenvalue weighted by Crippen LogP contribution is 2.38. The Morgan fingerprint density at radius 2 is 1.82 bits per heavy atom. The third-order valence-corrected chi connectivity index (χ3v) is 6.92. The number of methoxy groups -OCH3 is 2. The molecule has 1 heterocycles. The second-order valence-corrected chi connectivity index (χ2v) is 9.55. The van der Waals surface area contributed by atoms with E-state index in [-0.39, 0.29) is 24.4 Å². The molecule has 10 heteroatoms. The standard InChI is InChI=1S/C29H40N6O4/c1-19-7-8-23(35-11-9-34(4)10-12-35)15-24(19)29(37)33-20(2)21-13-25(28(39-6)26(14-21)38-5)22(16-30)17-32-18-27(36)31-3/h7-8,13-17,20H,9-12,18,30H2,1-6H3,(H,31,36)(H,33,37)/b22-16+,32-17?. The van der Waals surface area contributed by atoms with Gasteiger partial charge in [-0.2, -0.15) is 0 Å². The van der Waals surface area contributed by atoms with Crippen molar-refractivity contribution in [2.24, 2.45) is 10.7 Å². The number of amides is 2. The van der Waals surface area contributed by atoms with Gasteiger partial charge in [-0.15, -0.1) is 0 Å². The lowest BCUT2D eigenvalue weighted by atomic mass is 9.98. The van der Waals surface area contributed by atoms with Gasteiger partial charge in [-0.1, -0.05) is 6.07 Å². The predicted molar refractivity (Wildman–Crippen MR) is 156 cm³/mol. The number of hydrogen-bond donors (Lipinski definition) is 3. The number of allylic oxidation sites excluding steroid dienone is 1. The summed E-state index contributed by atoms with van der Waals surface area (Å²) in [5.74, 6) is 0.579. The molecule has 0 bridgehead atoms. The van der Waals surface area contributed by atoms with Crippen LogP contribution in [-0.2, 0) is 4.79 Å². The van der Waals surface area contributed by atoms with Gasteiger partial charge in [-0.05, 0) is 56.3 Å². The first-order chi connectivity index (χ1) is 18.7. The summed E-state index contributed by atoms with van der Waals surface area (Å²) in [5.41, 5.74) is 10.5. The van der Waals surface area contributed by atoms with E-state index in [1.807, 2.05) is 38.1 Å². The number of carbonyl (C=O) groups excluding carboxylic acids is 2. The number of nitrogens with two attached hydrogens (primary N) is 1. The van der Waals surface area contributed by atoms with Gasteiger partial charge in [0, 0.05) is 68.0 Å². The quantitative estimate of drug-likeness (QED) is 0.399. The fraction of sp³-hybridized carbons (Fsp3) is 0.414. The van der Waals surface area contributed by atoms with E-state index >= 15 is 0 Å². The summed E-state index contributed by atoms with van der Waals surface area (Å²) in [6, 6.07) is 9.40. The number of piperazine rings is 1. The number of carbonyl (C=O) groups is 2. The zero-order valence-corrected chi connectivity index (χ0v) is 23.7. The van der Waals surface area contributed by atoms with Crippen LogP contribution < -0.4 is 30.7 Å². The van der Waals surface area contributed by atoms with Gasteiger partial charge in [-0.3, -0.25) is 14.6 Å². The summed E-state index contributed by atoms with van der Waals surface area (Å²) in [6.45, 7) is 7.65. The molecular weight excluding hydrogens is 496 g/mol. The molecule has 0 aliphatic carbocycles. The smallest absolute Gasteiger partial charge is 0.252 e. The molecule has 0 spiro atoms. The SMILES string of the molecule is CNC(=O)CN=C/C(=C\N)c1cc(C(C)NC(=O)c2cc(N3CCN(C)CC3)ccc2C)cc(OC)c1OC.